The molecule has 2 fully saturated rings. The molecule has 2 aromatic heterocycles. The quantitative estimate of drug-likeness (QED) is 0.600. The Morgan fingerprint density at radius 1 is 1.21 bits per heavy atom. The van der Waals surface area contributed by atoms with E-state index in [1.807, 2.05) is 11.8 Å². The Balaban J connectivity index is 1.51. The number of fused-ring (bicyclic) bond motifs is 1. The maximum Gasteiger partial charge on any atom is 0.261 e. The second-order valence-corrected chi connectivity index (χ2v) is 9.03. The monoisotopic (exact) mass is 473 g/mol. The molecule has 2 aliphatic heterocycles. The van der Waals surface area contributed by atoms with E-state index in [-0.39, 0.29) is 30.0 Å². The lowest BCUT2D eigenvalue weighted by atomic mass is 9.98. The first kappa shape index (κ1) is 22.9. The van der Waals surface area contributed by atoms with Crippen molar-refractivity contribution in [1.82, 2.24) is 20.4 Å². The van der Waals surface area contributed by atoms with Crippen LogP contribution in [0, 0.1) is 19.7 Å². The number of hydrogen-bond acceptors (Lipinski definition) is 8. The van der Waals surface area contributed by atoms with Gasteiger partial charge in [0.25, 0.3) is 5.89 Å². The fourth-order valence-electron chi connectivity index (χ4n) is 4.90. The van der Waals surface area contributed by atoms with E-state index in [2.05, 4.69) is 20.4 Å². The molecule has 0 spiro atoms. The summed E-state index contributed by atoms with van der Waals surface area (Å²) in [6.07, 6.45) is 1.44. The van der Waals surface area contributed by atoms with Gasteiger partial charge in [-0.1, -0.05) is 5.16 Å². The lowest BCUT2D eigenvalue weighted by Gasteiger charge is -2.38. The molecule has 8 nitrogen and oxygen atoms in total. The van der Waals surface area contributed by atoms with Crippen molar-refractivity contribution in [1.29, 1.82) is 0 Å². The lowest BCUT2D eigenvalue weighted by molar-refractivity contribution is 0.0588. The highest BCUT2D eigenvalue weighted by Crippen LogP contribution is 2.39. The van der Waals surface area contributed by atoms with Gasteiger partial charge in [0.1, 0.15) is 23.3 Å². The minimum Gasteiger partial charge on any atom is -0.497 e. The first-order valence-electron chi connectivity index (χ1n) is 11.7. The van der Waals surface area contributed by atoms with Crippen LogP contribution < -0.4 is 15.0 Å². The summed E-state index contributed by atoms with van der Waals surface area (Å²) in [5.74, 6) is 1.08. The van der Waals surface area contributed by atoms with E-state index in [0.29, 0.717) is 47.9 Å². The number of aryl methyl sites for hydroxylation is 2. The van der Waals surface area contributed by atoms with Crippen molar-refractivity contribution in [3.8, 4) is 17.2 Å². The van der Waals surface area contributed by atoms with E-state index in [1.165, 1.54) is 13.2 Å². The number of piperidine rings is 1. The number of halogens is 2. The highest BCUT2D eigenvalue weighted by atomic mass is 19.1. The molecule has 3 aromatic rings. The third kappa shape index (κ3) is 4.32. The molecule has 0 bridgehead atoms. The summed E-state index contributed by atoms with van der Waals surface area (Å²) in [6, 6.07) is 2.94. The van der Waals surface area contributed by atoms with Crippen LogP contribution in [-0.2, 0) is 4.74 Å². The van der Waals surface area contributed by atoms with E-state index in [4.69, 9.17) is 14.0 Å². The molecule has 1 N–H and O–H groups in total. The van der Waals surface area contributed by atoms with Crippen molar-refractivity contribution in [3.05, 3.63) is 29.3 Å². The SMILES string of the molecule is COc1cc(F)c2nc(N3CC[C@@H](N[C@@H]4CCCOC4)[C@@H](F)C3)c(-c3nc(C)no3)c(C)c2c1. The van der Waals surface area contributed by atoms with Gasteiger partial charge in [-0.3, -0.25) is 0 Å². The molecule has 2 saturated heterocycles. The van der Waals surface area contributed by atoms with E-state index in [0.717, 1.165) is 25.0 Å². The third-order valence-electron chi connectivity index (χ3n) is 6.69. The molecule has 0 saturated carbocycles. The number of rotatable bonds is 5. The molecule has 4 heterocycles. The largest absolute Gasteiger partial charge is 0.497 e. The molecule has 5 rings (SSSR count). The van der Waals surface area contributed by atoms with Crippen LogP contribution in [0.3, 0.4) is 0 Å². The topological polar surface area (TPSA) is 85.5 Å². The zero-order valence-electron chi connectivity index (χ0n) is 19.6. The molecule has 34 heavy (non-hydrogen) atoms. The Hall–Kier alpha value is -2.85. The van der Waals surface area contributed by atoms with Crippen molar-refractivity contribution in [2.75, 3.05) is 38.3 Å². The van der Waals surface area contributed by atoms with Gasteiger partial charge in [-0.25, -0.2) is 13.8 Å². The van der Waals surface area contributed by atoms with Gasteiger partial charge in [-0.15, -0.1) is 0 Å². The van der Waals surface area contributed by atoms with Crippen molar-refractivity contribution >= 4 is 16.7 Å². The van der Waals surface area contributed by atoms with Crippen LogP contribution in [0.5, 0.6) is 5.75 Å². The summed E-state index contributed by atoms with van der Waals surface area (Å²) in [5, 5.41) is 7.93. The molecule has 182 valence electrons. The van der Waals surface area contributed by atoms with Crippen LogP contribution in [-0.4, -0.2) is 66.8 Å². The number of benzene rings is 1. The summed E-state index contributed by atoms with van der Waals surface area (Å²) in [7, 11) is 1.49. The zero-order valence-corrected chi connectivity index (χ0v) is 19.6. The standard InChI is InChI=1S/C24H29F2N5O3/c1-13-17-9-16(32-3)10-18(25)22(17)29-23(21(13)24-27-14(2)30-34-24)31-7-6-20(19(26)11-31)28-15-5-4-8-33-12-15/h9-10,15,19-20,28H,4-8,11-12H2,1-3H3/t15-,19+,20-/m1/s1. The maximum atomic E-state index is 15.4. The van der Waals surface area contributed by atoms with E-state index in [9.17, 15) is 4.39 Å². The fraction of sp³-hybridized carbons (Fsp3) is 0.542. The summed E-state index contributed by atoms with van der Waals surface area (Å²) >= 11 is 0. The average molecular weight is 474 g/mol. The molecule has 10 heteroatoms. The van der Waals surface area contributed by atoms with E-state index < -0.39 is 12.0 Å². The third-order valence-corrected chi connectivity index (χ3v) is 6.69. The second kappa shape index (κ2) is 9.42. The normalized spacial score (nSPS) is 23.4. The van der Waals surface area contributed by atoms with Crippen LogP contribution in [0.15, 0.2) is 16.7 Å². The van der Waals surface area contributed by atoms with Crippen molar-refractivity contribution in [2.45, 2.75) is 51.4 Å². The number of hydrogen-bond donors (Lipinski definition) is 1. The summed E-state index contributed by atoms with van der Waals surface area (Å²) in [4.78, 5) is 10.9. The number of anilines is 1. The van der Waals surface area contributed by atoms with Gasteiger partial charge < -0.3 is 24.2 Å². The first-order chi connectivity index (χ1) is 16.4. The van der Waals surface area contributed by atoms with Gasteiger partial charge in [-0.05, 0) is 44.7 Å². The Morgan fingerprint density at radius 2 is 2.06 bits per heavy atom. The average Bonchev–Trinajstić information content (AvgIpc) is 3.27. The number of methoxy groups -OCH3 is 1. The van der Waals surface area contributed by atoms with Crippen LogP contribution in [0.25, 0.3) is 22.4 Å². The summed E-state index contributed by atoms with van der Waals surface area (Å²) < 4.78 is 46.6. The van der Waals surface area contributed by atoms with Gasteiger partial charge in [0.05, 0.1) is 25.8 Å². The lowest BCUT2D eigenvalue weighted by Crippen LogP contribution is -2.55. The number of aromatic nitrogens is 3. The Kier molecular flexibility index (Phi) is 6.35. The molecule has 2 aliphatic rings. The van der Waals surface area contributed by atoms with Crippen LogP contribution >= 0.6 is 0 Å². The van der Waals surface area contributed by atoms with Gasteiger partial charge in [-0.2, -0.15) is 4.98 Å². The molecule has 0 aliphatic carbocycles. The van der Waals surface area contributed by atoms with Gasteiger partial charge in [0.2, 0.25) is 0 Å². The molecule has 0 radical (unpaired) electrons. The van der Waals surface area contributed by atoms with Crippen molar-refractivity contribution in [3.63, 3.8) is 0 Å². The van der Waals surface area contributed by atoms with Gasteiger partial charge in [0, 0.05) is 36.7 Å². The van der Waals surface area contributed by atoms with Gasteiger partial charge >= 0.3 is 0 Å². The number of alkyl halides is 1. The highest BCUT2D eigenvalue weighted by molar-refractivity contribution is 5.93. The molecule has 0 unspecified atom stereocenters. The molecular weight excluding hydrogens is 444 g/mol. The van der Waals surface area contributed by atoms with Crippen molar-refractivity contribution < 1.29 is 22.8 Å². The van der Waals surface area contributed by atoms with Crippen LogP contribution in [0.4, 0.5) is 14.6 Å². The van der Waals surface area contributed by atoms with E-state index >= 15 is 4.39 Å². The zero-order chi connectivity index (χ0) is 23.8. The predicted octanol–water partition coefficient (Wildman–Crippen LogP) is 3.73. The van der Waals surface area contributed by atoms with Gasteiger partial charge in [0.15, 0.2) is 11.6 Å². The first-order valence-corrected chi connectivity index (χ1v) is 11.7. The fourth-order valence-corrected chi connectivity index (χ4v) is 4.90. The summed E-state index contributed by atoms with van der Waals surface area (Å²) in [6.45, 7) is 5.64. The number of ether oxygens (including phenoxy) is 2. The minimum atomic E-state index is -1.12. The second-order valence-electron chi connectivity index (χ2n) is 9.03. The summed E-state index contributed by atoms with van der Waals surface area (Å²) in [5.41, 5.74) is 1.50. The highest BCUT2D eigenvalue weighted by Gasteiger charge is 2.34. The van der Waals surface area contributed by atoms with E-state index in [1.54, 1.807) is 13.0 Å². The Bertz CT molecular complexity index is 1180. The number of pyridine rings is 1. The molecule has 0 amide bonds. The minimum absolute atomic E-state index is 0.126. The van der Waals surface area contributed by atoms with Crippen molar-refractivity contribution in [2.24, 2.45) is 0 Å². The number of nitrogens with one attached hydrogen (secondary N) is 1. The molecule has 3 atom stereocenters. The number of nitrogens with zero attached hydrogens (tertiary/aromatic N) is 4. The Labute approximate surface area is 196 Å². The Morgan fingerprint density at radius 3 is 2.74 bits per heavy atom. The maximum absolute atomic E-state index is 15.4. The smallest absolute Gasteiger partial charge is 0.261 e. The molecular formula is C24H29F2N5O3. The van der Waals surface area contributed by atoms with Crippen LogP contribution in [0.2, 0.25) is 0 Å². The predicted molar refractivity (Wildman–Crippen MR) is 124 cm³/mol. The molecule has 1 aromatic carbocycles. The van der Waals surface area contributed by atoms with Crippen LogP contribution in [0.1, 0.15) is 30.7 Å².